The fraction of sp³-hybridized carbons (Fsp3) is 0.167. The molecule has 1 aliphatic heterocycles. The largest absolute Gasteiger partial charge is 0.416 e. The maximum absolute atomic E-state index is 12.9. The number of benzene rings is 3. The number of halogens is 4. The van der Waals surface area contributed by atoms with Crippen molar-refractivity contribution < 1.29 is 21.6 Å². The van der Waals surface area contributed by atoms with Crippen LogP contribution in [0.1, 0.15) is 22.6 Å². The number of nitrogens with one attached hydrogen (secondary N) is 1. The van der Waals surface area contributed by atoms with Crippen LogP contribution in [0.5, 0.6) is 0 Å². The Morgan fingerprint density at radius 2 is 1.66 bits per heavy atom. The van der Waals surface area contributed by atoms with Gasteiger partial charge in [-0.1, -0.05) is 54.1 Å². The number of hydrogen-bond donors (Lipinski definition) is 1. The molecule has 35 heavy (non-hydrogen) atoms. The molecule has 0 amide bonds. The molecular formula is C24H20ClF3N4O2S. The normalized spacial score (nSPS) is 16.8. The summed E-state index contributed by atoms with van der Waals surface area (Å²) in [7, 11) is -2.82. The zero-order valence-electron chi connectivity index (χ0n) is 18.4. The molecule has 0 fully saturated rings. The third kappa shape index (κ3) is 5.49. The summed E-state index contributed by atoms with van der Waals surface area (Å²) >= 11 is 6.03. The molecule has 6 nitrogen and oxygen atoms in total. The molecule has 4 rings (SSSR count). The Bertz CT molecular complexity index is 1360. The summed E-state index contributed by atoms with van der Waals surface area (Å²) in [6.07, 6.45) is -4.57. The second-order valence-electron chi connectivity index (χ2n) is 7.70. The van der Waals surface area contributed by atoms with Gasteiger partial charge >= 0.3 is 6.18 Å². The Morgan fingerprint density at radius 3 is 2.23 bits per heavy atom. The Labute approximate surface area is 205 Å². The van der Waals surface area contributed by atoms with E-state index in [-0.39, 0.29) is 16.8 Å². The Kier molecular flexibility index (Phi) is 6.86. The average Bonchev–Trinajstić information content (AvgIpc) is 3.28. The second kappa shape index (κ2) is 9.71. The number of hydrogen-bond acceptors (Lipinski definition) is 3. The van der Waals surface area contributed by atoms with Gasteiger partial charge in [0.15, 0.2) is 0 Å². The molecule has 0 saturated heterocycles. The van der Waals surface area contributed by atoms with Gasteiger partial charge in [-0.05, 0) is 47.5 Å². The molecule has 0 aliphatic carbocycles. The van der Waals surface area contributed by atoms with Crippen LogP contribution in [0.15, 0.2) is 93.3 Å². The molecular weight excluding hydrogens is 501 g/mol. The van der Waals surface area contributed by atoms with Crippen LogP contribution in [0, 0.1) is 0 Å². The van der Waals surface area contributed by atoms with Crippen LogP contribution in [0.2, 0.25) is 5.02 Å². The third-order valence-corrected chi connectivity index (χ3v) is 6.94. The Hall–Kier alpha value is -3.37. The van der Waals surface area contributed by atoms with Gasteiger partial charge in [-0.3, -0.25) is 0 Å². The zero-order valence-corrected chi connectivity index (χ0v) is 19.9. The topological polar surface area (TPSA) is 74.1 Å². The van der Waals surface area contributed by atoms with E-state index in [9.17, 15) is 21.6 Å². The minimum absolute atomic E-state index is 0.0604. The first-order valence-electron chi connectivity index (χ1n) is 10.5. The lowest BCUT2D eigenvalue weighted by Crippen LogP contribution is -2.36. The summed E-state index contributed by atoms with van der Waals surface area (Å²) < 4.78 is 68.1. The highest BCUT2D eigenvalue weighted by Gasteiger charge is 2.33. The van der Waals surface area contributed by atoms with Crippen LogP contribution in [-0.4, -0.2) is 38.7 Å². The first-order valence-corrected chi connectivity index (χ1v) is 12.3. The quantitative estimate of drug-likeness (QED) is 0.382. The molecule has 11 heteroatoms. The van der Waals surface area contributed by atoms with Crippen molar-refractivity contribution >= 4 is 33.3 Å². The van der Waals surface area contributed by atoms with Gasteiger partial charge in [0.25, 0.3) is 10.0 Å². The summed E-state index contributed by atoms with van der Waals surface area (Å²) in [5, 5.41) is 9.39. The molecule has 1 aliphatic rings. The molecule has 3 aromatic carbocycles. The van der Waals surface area contributed by atoms with Crippen LogP contribution in [0.4, 0.5) is 13.2 Å². The van der Waals surface area contributed by atoms with Gasteiger partial charge in [-0.15, -0.1) is 4.40 Å². The highest BCUT2D eigenvalue weighted by Crippen LogP contribution is 2.31. The van der Waals surface area contributed by atoms with Crippen molar-refractivity contribution in [1.82, 2.24) is 10.3 Å². The van der Waals surface area contributed by atoms with Gasteiger partial charge in [0.2, 0.25) is 5.96 Å². The number of sulfonamides is 1. The Morgan fingerprint density at radius 1 is 1.03 bits per heavy atom. The van der Waals surface area contributed by atoms with E-state index in [1.54, 1.807) is 12.1 Å². The lowest BCUT2D eigenvalue weighted by atomic mass is 9.91. The van der Waals surface area contributed by atoms with Crippen molar-refractivity contribution in [3.05, 3.63) is 101 Å². The second-order valence-corrected chi connectivity index (χ2v) is 9.74. The van der Waals surface area contributed by atoms with E-state index in [1.165, 1.54) is 12.1 Å². The molecule has 1 heterocycles. The van der Waals surface area contributed by atoms with Crippen molar-refractivity contribution in [2.24, 2.45) is 9.50 Å². The van der Waals surface area contributed by atoms with E-state index >= 15 is 0 Å². The standard InChI is InChI=1S/C24H20ClF3N4O2S/c1-29-23(31-35(33,34)20-13-9-18(10-14-20)24(26,27)28)32-15-21(16-5-3-2-4-6-16)22(30-32)17-7-11-19(25)12-8-17/h2-14,21H,15H2,1H3,(H,29,31). The maximum Gasteiger partial charge on any atom is 0.416 e. The third-order valence-electron chi connectivity index (χ3n) is 5.41. The minimum Gasteiger partial charge on any atom is -0.357 e. The summed E-state index contributed by atoms with van der Waals surface area (Å²) in [4.78, 5) is -0.362. The molecule has 1 N–H and O–H groups in total. The fourth-order valence-electron chi connectivity index (χ4n) is 3.67. The molecule has 0 aromatic heterocycles. The molecule has 0 bridgehead atoms. The van der Waals surface area contributed by atoms with Crippen LogP contribution < -0.4 is 5.32 Å². The lowest BCUT2D eigenvalue weighted by Gasteiger charge is -2.18. The summed E-state index contributed by atoms with van der Waals surface area (Å²) in [5.41, 5.74) is 1.54. The van der Waals surface area contributed by atoms with E-state index < -0.39 is 21.8 Å². The van der Waals surface area contributed by atoms with Crippen LogP contribution in [0.25, 0.3) is 0 Å². The van der Waals surface area contributed by atoms with Gasteiger partial charge in [-0.2, -0.15) is 26.7 Å². The number of rotatable bonds is 4. The number of alkyl halides is 3. The lowest BCUT2D eigenvalue weighted by molar-refractivity contribution is -0.137. The number of hydrazone groups is 1. The zero-order chi connectivity index (χ0) is 25.2. The molecule has 3 aromatic rings. The summed E-state index contributed by atoms with van der Waals surface area (Å²) in [6, 6.07) is 19.9. The minimum atomic E-state index is -4.57. The fourth-order valence-corrected chi connectivity index (χ4v) is 4.79. The van der Waals surface area contributed by atoms with Crippen LogP contribution in [-0.2, 0) is 16.2 Å². The van der Waals surface area contributed by atoms with E-state index in [0.717, 1.165) is 23.3 Å². The smallest absolute Gasteiger partial charge is 0.357 e. The highest BCUT2D eigenvalue weighted by atomic mass is 35.5. The highest BCUT2D eigenvalue weighted by molar-refractivity contribution is 7.90. The van der Waals surface area contributed by atoms with Crippen molar-refractivity contribution in [2.75, 3.05) is 13.6 Å². The average molecular weight is 521 g/mol. The number of nitrogens with zero attached hydrogens (tertiary/aromatic N) is 3. The summed E-state index contributed by atoms with van der Waals surface area (Å²) in [6.45, 7) is 0.296. The molecule has 182 valence electrons. The summed E-state index contributed by atoms with van der Waals surface area (Å²) in [5.74, 6) is -0.250. The van der Waals surface area contributed by atoms with Gasteiger partial charge in [0.05, 0.1) is 22.7 Å². The monoisotopic (exact) mass is 520 g/mol. The van der Waals surface area contributed by atoms with Crippen molar-refractivity contribution in [1.29, 1.82) is 0 Å². The van der Waals surface area contributed by atoms with Crippen LogP contribution >= 0.6 is 11.6 Å². The molecule has 1 unspecified atom stereocenters. The van der Waals surface area contributed by atoms with Gasteiger partial charge in [0.1, 0.15) is 0 Å². The molecule has 0 saturated carbocycles. The van der Waals surface area contributed by atoms with E-state index in [1.807, 2.05) is 42.5 Å². The molecule has 1 atom stereocenters. The van der Waals surface area contributed by atoms with E-state index in [0.29, 0.717) is 29.4 Å². The van der Waals surface area contributed by atoms with Crippen molar-refractivity contribution in [3.8, 4) is 0 Å². The predicted octanol–water partition coefficient (Wildman–Crippen LogP) is 5.13. The molecule has 0 radical (unpaired) electrons. The predicted molar refractivity (Wildman–Crippen MR) is 129 cm³/mol. The van der Waals surface area contributed by atoms with Gasteiger partial charge < -0.3 is 5.32 Å². The van der Waals surface area contributed by atoms with Crippen molar-refractivity contribution in [2.45, 2.75) is 17.0 Å². The van der Waals surface area contributed by atoms with E-state index in [2.05, 4.69) is 14.8 Å². The SMILES string of the molecule is CN/C(=N\S(=O)(=O)c1ccc(C(F)(F)F)cc1)N1CC(c2ccccc2)C(c2ccc(Cl)cc2)=N1. The van der Waals surface area contributed by atoms with Gasteiger partial charge in [-0.25, -0.2) is 5.01 Å². The van der Waals surface area contributed by atoms with Crippen molar-refractivity contribution in [3.63, 3.8) is 0 Å². The van der Waals surface area contributed by atoms with E-state index in [4.69, 9.17) is 11.6 Å². The molecule has 0 spiro atoms. The first-order chi connectivity index (χ1) is 16.6. The maximum atomic E-state index is 12.9. The first kappa shape index (κ1) is 24.7. The van der Waals surface area contributed by atoms with Crippen LogP contribution in [0.3, 0.4) is 0 Å². The van der Waals surface area contributed by atoms with Gasteiger partial charge in [0, 0.05) is 18.0 Å². The Balaban J connectivity index is 1.70. The number of guanidine groups is 1.